The van der Waals surface area contributed by atoms with Crippen molar-refractivity contribution in [3.8, 4) is 0 Å². The van der Waals surface area contributed by atoms with Gasteiger partial charge in [0.1, 0.15) is 8.96 Å². The average molecular weight is 227 g/mol. The highest BCUT2D eigenvalue weighted by molar-refractivity contribution is 6.85. The van der Waals surface area contributed by atoms with Crippen LogP contribution in [0.4, 0.5) is 0 Å². The van der Waals surface area contributed by atoms with Gasteiger partial charge in [-0.1, -0.05) is 24.2 Å². The third-order valence-corrected chi connectivity index (χ3v) is 14.5. The standard InChI is InChI=1S/C11H25NSi2/c1-11(2,3)12(14-8-13-9-14)10-6-4-5-7-10/h10,14H,4-9,13H2,1-3H3. The van der Waals surface area contributed by atoms with Gasteiger partial charge >= 0.3 is 0 Å². The van der Waals surface area contributed by atoms with Crippen LogP contribution in [-0.4, -0.2) is 34.6 Å². The number of hydrogen-bond acceptors (Lipinski definition) is 1. The first-order valence-electron chi connectivity index (χ1n) is 6.37. The normalized spacial score (nSPS) is 31.3. The smallest absolute Gasteiger partial charge is 0.106 e. The molecule has 0 N–H and O–H groups in total. The van der Waals surface area contributed by atoms with Gasteiger partial charge in [-0.3, -0.25) is 0 Å². The molecule has 0 unspecified atom stereocenters. The second kappa shape index (κ2) is 4.10. The number of rotatable bonds is 2. The Kier molecular flexibility index (Phi) is 3.19. The average Bonchev–Trinajstić information content (AvgIpc) is 2.45. The fourth-order valence-electron chi connectivity index (χ4n) is 3.24. The number of hydrogen-bond donors (Lipinski definition) is 0. The minimum Gasteiger partial charge on any atom is -0.319 e. The minimum absolute atomic E-state index is 0.399. The summed E-state index contributed by atoms with van der Waals surface area (Å²) in [5, 5.41) is 0. The van der Waals surface area contributed by atoms with E-state index in [9.17, 15) is 0 Å². The zero-order chi connectivity index (χ0) is 10.2. The molecule has 0 radical (unpaired) electrons. The SMILES string of the molecule is CC(C)(C)N(C1CCCC1)[SiH]1C[SiH2]C1. The highest BCUT2D eigenvalue weighted by Crippen LogP contribution is 2.33. The second-order valence-electron chi connectivity index (χ2n) is 6.10. The summed E-state index contributed by atoms with van der Waals surface area (Å²) in [6.45, 7) is 7.33. The van der Waals surface area contributed by atoms with Gasteiger partial charge in [0, 0.05) is 21.1 Å². The predicted molar refractivity (Wildman–Crippen MR) is 69.2 cm³/mol. The Morgan fingerprint density at radius 1 is 1.14 bits per heavy atom. The lowest BCUT2D eigenvalue weighted by Gasteiger charge is -2.48. The molecule has 82 valence electrons. The Morgan fingerprint density at radius 2 is 1.71 bits per heavy atom. The van der Waals surface area contributed by atoms with Crippen LogP contribution in [0.1, 0.15) is 46.5 Å². The van der Waals surface area contributed by atoms with Gasteiger partial charge < -0.3 is 4.57 Å². The molecule has 0 atom stereocenters. The summed E-state index contributed by atoms with van der Waals surface area (Å²) < 4.78 is 3.01. The lowest BCUT2D eigenvalue weighted by molar-refractivity contribution is 0.185. The lowest BCUT2D eigenvalue weighted by Crippen LogP contribution is -2.59. The van der Waals surface area contributed by atoms with E-state index in [1.807, 2.05) is 0 Å². The molecule has 0 amide bonds. The lowest BCUT2D eigenvalue weighted by atomic mass is 10.1. The van der Waals surface area contributed by atoms with Crippen LogP contribution >= 0.6 is 0 Å². The first-order chi connectivity index (χ1) is 6.59. The molecule has 14 heavy (non-hydrogen) atoms. The highest BCUT2D eigenvalue weighted by atomic mass is 28.4. The molecule has 1 heterocycles. The minimum atomic E-state index is -0.399. The Hall–Kier alpha value is 0.394. The Bertz CT molecular complexity index is 190. The molecule has 1 aliphatic heterocycles. The molecule has 0 spiro atoms. The Morgan fingerprint density at radius 3 is 2.07 bits per heavy atom. The van der Waals surface area contributed by atoms with Gasteiger partial charge in [0.25, 0.3) is 0 Å². The molecule has 0 aromatic rings. The van der Waals surface area contributed by atoms with E-state index in [2.05, 4.69) is 25.3 Å². The van der Waals surface area contributed by atoms with Crippen LogP contribution in [0, 0.1) is 0 Å². The fraction of sp³-hybridized carbons (Fsp3) is 1.00. The molecular weight excluding hydrogens is 202 g/mol. The molecule has 2 aliphatic rings. The van der Waals surface area contributed by atoms with E-state index in [1.165, 1.54) is 25.7 Å². The summed E-state index contributed by atoms with van der Waals surface area (Å²) in [4.78, 5) is 0. The third kappa shape index (κ3) is 2.14. The van der Waals surface area contributed by atoms with Crippen molar-refractivity contribution in [1.29, 1.82) is 0 Å². The van der Waals surface area contributed by atoms with Crippen LogP contribution in [0.5, 0.6) is 0 Å². The van der Waals surface area contributed by atoms with Crippen molar-refractivity contribution in [2.24, 2.45) is 0 Å². The molecular formula is C11H25NSi2. The van der Waals surface area contributed by atoms with E-state index in [4.69, 9.17) is 0 Å². The van der Waals surface area contributed by atoms with Gasteiger partial charge in [-0.2, -0.15) is 0 Å². The van der Waals surface area contributed by atoms with Gasteiger partial charge in [-0.05, 0) is 33.6 Å². The van der Waals surface area contributed by atoms with Crippen LogP contribution in [0.3, 0.4) is 0 Å². The zero-order valence-corrected chi connectivity index (χ0v) is 12.6. The molecule has 0 aromatic carbocycles. The summed E-state index contributed by atoms with van der Waals surface area (Å²) in [5.74, 6) is 0. The summed E-state index contributed by atoms with van der Waals surface area (Å²) in [5.41, 5.74) is 3.93. The van der Waals surface area contributed by atoms with Crippen LogP contribution < -0.4 is 0 Å². The van der Waals surface area contributed by atoms with Crippen molar-refractivity contribution in [2.75, 3.05) is 0 Å². The van der Waals surface area contributed by atoms with Crippen molar-refractivity contribution in [1.82, 2.24) is 4.57 Å². The summed E-state index contributed by atoms with van der Waals surface area (Å²) in [6, 6.07) is 0.987. The summed E-state index contributed by atoms with van der Waals surface area (Å²) in [6.07, 6.45) is 6.00. The monoisotopic (exact) mass is 227 g/mol. The first-order valence-corrected chi connectivity index (χ1v) is 10.5. The van der Waals surface area contributed by atoms with Gasteiger partial charge in [0.05, 0.1) is 0 Å². The third-order valence-electron chi connectivity index (χ3n) is 3.96. The molecule has 1 saturated carbocycles. The van der Waals surface area contributed by atoms with Gasteiger partial charge in [-0.15, -0.1) is 0 Å². The van der Waals surface area contributed by atoms with Gasteiger partial charge in [0.2, 0.25) is 0 Å². The van der Waals surface area contributed by atoms with E-state index in [-0.39, 0.29) is 0 Å². The summed E-state index contributed by atoms with van der Waals surface area (Å²) >= 11 is 0. The number of nitrogens with zero attached hydrogens (tertiary/aromatic N) is 1. The van der Waals surface area contributed by atoms with Crippen molar-refractivity contribution in [3.63, 3.8) is 0 Å². The molecule has 0 bridgehead atoms. The molecule has 1 nitrogen and oxygen atoms in total. The Labute approximate surface area is 92.8 Å². The maximum absolute atomic E-state index is 3.01. The van der Waals surface area contributed by atoms with Crippen LogP contribution in [0.25, 0.3) is 0 Å². The van der Waals surface area contributed by atoms with Crippen molar-refractivity contribution in [2.45, 2.75) is 69.4 Å². The molecule has 2 fully saturated rings. The zero-order valence-electron chi connectivity index (χ0n) is 10.1. The maximum atomic E-state index is 3.01. The quantitative estimate of drug-likeness (QED) is 0.651. The predicted octanol–water partition coefficient (Wildman–Crippen LogP) is 1.85. The van der Waals surface area contributed by atoms with E-state index in [0.29, 0.717) is 15.1 Å². The van der Waals surface area contributed by atoms with Crippen LogP contribution in [0.15, 0.2) is 0 Å². The van der Waals surface area contributed by atoms with Gasteiger partial charge in [0.15, 0.2) is 0 Å². The van der Waals surface area contributed by atoms with E-state index < -0.39 is 8.96 Å². The van der Waals surface area contributed by atoms with Crippen molar-refractivity contribution in [3.05, 3.63) is 0 Å². The van der Waals surface area contributed by atoms with Crippen LogP contribution in [0.2, 0.25) is 11.3 Å². The topological polar surface area (TPSA) is 3.24 Å². The van der Waals surface area contributed by atoms with E-state index in [0.717, 1.165) is 6.04 Å². The van der Waals surface area contributed by atoms with Crippen molar-refractivity contribution >= 4 is 18.5 Å². The van der Waals surface area contributed by atoms with Crippen LogP contribution in [-0.2, 0) is 0 Å². The second-order valence-corrected chi connectivity index (χ2v) is 13.3. The highest BCUT2D eigenvalue weighted by Gasteiger charge is 2.39. The molecule has 1 saturated heterocycles. The van der Waals surface area contributed by atoms with E-state index in [1.54, 1.807) is 11.3 Å². The molecule has 3 heteroatoms. The molecule has 0 aromatic heterocycles. The molecule has 1 aliphatic carbocycles. The Balaban J connectivity index is 2.04. The van der Waals surface area contributed by atoms with Crippen molar-refractivity contribution < 1.29 is 0 Å². The largest absolute Gasteiger partial charge is 0.319 e. The first kappa shape index (κ1) is 10.9. The van der Waals surface area contributed by atoms with E-state index >= 15 is 0 Å². The summed E-state index contributed by atoms with van der Waals surface area (Å²) in [7, 11) is 0.0511. The van der Waals surface area contributed by atoms with Gasteiger partial charge in [-0.25, -0.2) is 0 Å². The molecule has 2 rings (SSSR count). The maximum Gasteiger partial charge on any atom is 0.106 e. The fourth-order valence-corrected chi connectivity index (χ4v) is 10.5.